The maximum atomic E-state index is 12.5. The van der Waals surface area contributed by atoms with Crippen molar-refractivity contribution in [3.05, 3.63) is 98.1 Å². The van der Waals surface area contributed by atoms with Gasteiger partial charge in [0.2, 0.25) is 0 Å². The summed E-state index contributed by atoms with van der Waals surface area (Å²) in [5.74, 6) is 0.669. The molecule has 0 fully saturated rings. The SMILES string of the molecule is O=C(Nc1cnn(Cc2ccc(Cl)c(Cl)c2)c1)c1ccc(COc2ccc(Cl)cc2Cl)o1. The van der Waals surface area contributed by atoms with E-state index in [0.29, 0.717) is 43.8 Å². The predicted molar refractivity (Wildman–Crippen MR) is 125 cm³/mol. The van der Waals surface area contributed by atoms with Gasteiger partial charge in [-0.1, -0.05) is 52.5 Å². The van der Waals surface area contributed by atoms with Gasteiger partial charge in [-0.25, -0.2) is 0 Å². The molecule has 10 heteroatoms. The quantitative estimate of drug-likeness (QED) is 0.291. The molecule has 2 aromatic carbocycles. The first-order valence-corrected chi connectivity index (χ1v) is 10.8. The van der Waals surface area contributed by atoms with Crippen LogP contribution in [0.1, 0.15) is 21.9 Å². The zero-order chi connectivity index (χ0) is 22.7. The number of ether oxygens (including phenoxy) is 1. The largest absolute Gasteiger partial charge is 0.484 e. The molecule has 1 amide bonds. The van der Waals surface area contributed by atoms with Crippen molar-refractivity contribution in [3.63, 3.8) is 0 Å². The van der Waals surface area contributed by atoms with Gasteiger partial charge in [0.05, 0.1) is 33.5 Å². The Kier molecular flexibility index (Phi) is 6.96. The molecule has 1 N–H and O–H groups in total. The highest BCUT2D eigenvalue weighted by atomic mass is 35.5. The molecule has 0 bridgehead atoms. The Morgan fingerprint density at radius 2 is 1.84 bits per heavy atom. The molecule has 0 aliphatic rings. The highest BCUT2D eigenvalue weighted by Crippen LogP contribution is 2.28. The fourth-order valence-electron chi connectivity index (χ4n) is 2.85. The van der Waals surface area contributed by atoms with Crippen molar-refractivity contribution in [3.8, 4) is 5.75 Å². The van der Waals surface area contributed by atoms with Crippen LogP contribution in [0.3, 0.4) is 0 Å². The maximum Gasteiger partial charge on any atom is 0.291 e. The third-order valence-corrected chi connectivity index (χ3v) is 5.64. The standard InChI is InChI=1S/C22H15Cl4N3O3/c23-14-2-5-20(19(26)8-14)31-12-16-3-6-21(32-16)22(30)28-15-9-27-29(11-15)10-13-1-4-17(24)18(25)7-13/h1-9,11H,10,12H2,(H,28,30). The zero-order valence-corrected chi connectivity index (χ0v) is 19.3. The van der Waals surface area contributed by atoms with E-state index in [1.165, 1.54) is 0 Å². The van der Waals surface area contributed by atoms with Crippen LogP contribution in [0.2, 0.25) is 20.1 Å². The van der Waals surface area contributed by atoms with Crippen LogP contribution in [0, 0.1) is 0 Å². The number of anilines is 1. The number of halogens is 4. The number of hydrogen-bond donors (Lipinski definition) is 1. The minimum atomic E-state index is -0.408. The number of nitrogens with zero attached hydrogens (tertiary/aromatic N) is 2. The third-order valence-electron chi connectivity index (χ3n) is 4.37. The topological polar surface area (TPSA) is 69.3 Å². The van der Waals surface area contributed by atoms with Crippen LogP contribution in [0.25, 0.3) is 0 Å². The van der Waals surface area contributed by atoms with Gasteiger partial charge in [0.15, 0.2) is 5.76 Å². The summed E-state index contributed by atoms with van der Waals surface area (Å²) in [5, 5.41) is 8.86. The van der Waals surface area contributed by atoms with E-state index in [-0.39, 0.29) is 12.4 Å². The van der Waals surface area contributed by atoms with E-state index in [1.54, 1.807) is 59.5 Å². The van der Waals surface area contributed by atoms with Crippen molar-refractivity contribution >= 4 is 58.0 Å². The van der Waals surface area contributed by atoms with Crippen molar-refractivity contribution in [1.29, 1.82) is 0 Å². The highest BCUT2D eigenvalue weighted by molar-refractivity contribution is 6.42. The summed E-state index contributed by atoms with van der Waals surface area (Å²) in [7, 11) is 0. The molecule has 0 saturated carbocycles. The molecular formula is C22H15Cl4N3O3. The molecule has 4 rings (SSSR count). The average molecular weight is 511 g/mol. The minimum Gasteiger partial charge on any atom is -0.484 e. The fraction of sp³-hybridized carbons (Fsp3) is 0.0909. The molecule has 2 heterocycles. The normalized spacial score (nSPS) is 10.9. The molecule has 32 heavy (non-hydrogen) atoms. The van der Waals surface area contributed by atoms with Gasteiger partial charge < -0.3 is 14.5 Å². The molecule has 0 atom stereocenters. The van der Waals surface area contributed by atoms with Crippen molar-refractivity contribution < 1.29 is 13.9 Å². The number of carbonyl (C=O) groups is 1. The van der Waals surface area contributed by atoms with E-state index in [0.717, 1.165) is 5.56 Å². The van der Waals surface area contributed by atoms with Crippen LogP contribution in [0.5, 0.6) is 5.75 Å². The van der Waals surface area contributed by atoms with Crippen LogP contribution < -0.4 is 10.1 Å². The van der Waals surface area contributed by atoms with Gasteiger partial charge in [-0.2, -0.15) is 5.10 Å². The molecule has 0 spiro atoms. The second-order valence-corrected chi connectivity index (χ2v) is 8.42. The van der Waals surface area contributed by atoms with Gasteiger partial charge in [-0.05, 0) is 48.0 Å². The van der Waals surface area contributed by atoms with Gasteiger partial charge in [-0.3, -0.25) is 9.48 Å². The molecule has 0 aliphatic carbocycles. The second-order valence-electron chi connectivity index (χ2n) is 6.76. The summed E-state index contributed by atoms with van der Waals surface area (Å²) in [6, 6.07) is 13.5. The lowest BCUT2D eigenvalue weighted by Crippen LogP contribution is -2.10. The van der Waals surface area contributed by atoms with Crippen LogP contribution in [0.4, 0.5) is 5.69 Å². The predicted octanol–water partition coefficient (Wildman–Crippen LogP) is 6.97. The van der Waals surface area contributed by atoms with Crippen LogP contribution in [-0.4, -0.2) is 15.7 Å². The molecule has 6 nitrogen and oxygen atoms in total. The number of furan rings is 1. The minimum absolute atomic E-state index is 0.107. The summed E-state index contributed by atoms with van der Waals surface area (Å²) in [5.41, 5.74) is 1.45. The van der Waals surface area contributed by atoms with Crippen LogP contribution >= 0.6 is 46.4 Å². The molecule has 0 unspecified atom stereocenters. The number of aromatic nitrogens is 2. The van der Waals surface area contributed by atoms with E-state index < -0.39 is 5.91 Å². The van der Waals surface area contributed by atoms with Crippen molar-refractivity contribution in [2.24, 2.45) is 0 Å². The van der Waals surface area contributed by atoms with Crippen molar-refractivity contribution in [2.45, 2.75) is 13.2 Å². The monoisotopic (exact) mass is 509 g/mol. The Hall–Kier alpha value is -2.64. The molecule has 2 aromatic heterocycles. The lowest BCUT2D eigenvalue weighted by atomic mass is 10.2. The van der Waals surface area contributed by atoms with Gasteiger partial charge in [0, 0.05) is 11.2 Å². The summed E-state index contributed by atoms with van der Waals surface area (Å²) in [4.78, 5) is 12.5. The average Bonchev–Trinajstić information content (AvgIpc) is 3.40. The van der Waals surface area contributed by atoms with E-state index in [4.69, 9.17) is 55.6 Å². The smallest absolute Gasteiger partial charge is 0.291 e. The lowest BCUT2D eigenvalue weighted by molar-refractivity contribution is 0.0992. The summed E-state index contributed by atoms with van der Waals surface area (Å²) in [6.07, 6.45) is 3.25. The van der Waals surface area contributed by atoms with Gasteiger partial charge in [0.25, 0.3) is 5.91 Å². The van der Waals surface area contributed by atoms with Gasteiger partial charge in [-0.15, -0.1) is 0 Å². The van der Waals surface area contributed by atoms with Gasteiger partial charge in [0.1, 0.15) is 18.1 Å². The van der Waals surface area contributed by atoms with Crippen molar-refractivity contribution in [2.75, 3.05) is 5.32 Å². The molecule has 0 radical (unpaired) electrons. The number of carbonyl (C=O) groups excluding carboxylic acids is 1. The number of benzene rings is 2. The zero-order valence-electron chi connectivity index (χ0n) is 16.3. The Labute approximate surface area is 203 Å². The maximum absolute atomic E-state index is 12.5. The number of amides is 1. The number of hydrogen-bond acceptors (Lipinski definition) is 4. The van der Waals surface area contributed by atoms with E-state index in [9.17, 15) is 4.79 Å². The second kappa shape index (κ2) is 9.88. The van der Waals surface area contributed by atoms with Gasteiger partial charge >= 0.3 is 0 Å². The van der Waals surface area contributed by atoms with Crippen LogP contribution in [-0.2, 0) is 13.2 Å². The Morgan fingerprint density at radius 3 is 2.62 bits per heavy atom. The summed E-state index contributed by atoms with van der Waals surface area (Å²) < 4.78 is 12.9. The highest BCUT2D eigenvalue weighted by Gasteiger charge is 2.14. The number of rotatable bonds is 7. The first-order valence-electron chi connectivity index (χ1n) is 9.31. The fourth-order valence-corrected chi connectivity index (χ4v) is 3.63. The first kappa shape index (κ1) is 22.6. The molecular weight excluding hydrogens is 496 g/mol. The van der Waals surface area contributed by atoms with Crippen LogP contribution in [0.15, 0.2) is 65.3 Å². The summed E-state index contributed by atoms with van der Waals surface area (Å²) >= 11 is 23.9. The molecule has 164 valence electrons. The van der Waals surface area contributed by atoms with E-state index >= 15 is 0 Å². The molecule has 0 aliphatic heterocycles. The Bertz CT molecular complexity index is 1270. The summed E-state index contributed by atoms with van der Waals surface area (Å²) in [6.45, 7) is 0.582. The Morgan fingerprint density at radius 1 is 1.00 bits per heavy atom. The third kappa shape index (κ3) is 5.58. The van der Waals surface area contributed by atoms with E-state index in [2.05, 4.69) is 10.4 Å². The van der Waals surface area contributed by atoms with E-state index in [1.807, 2.05) is 6.07 Å². The lowest BCUT2D eigenvalue weighted by Gasteiger charge is -2.06. The molecule has 0 saturated heterocycles. The first-order chi connectivity index (χ1) is 15.4. The number of nitrogens with one attached hydrogen (secondary N) is 1. The Balaban J connectivity index is 1.34. The van der Waals surface area contributed by atoms with Crippen molar-refractivity contribution in [1.82, 2.24) is 9.78 Å². The molecule has 4 aromatic rings.